The summed E-state index contributed by atoms with van der Waals surface area (Å²) >= 11 is 0. The van der Waals surface area contributed by atoms with Gasteiger partial charge in [-0.3, -0.25) is 0 Å². The van der Waals surface area contributed by atoms with Crippen molar-refractivity contribution in [2.45, 2.75) is 72.2 Å². The van der Waals surface area contributed by atoms with Crippen molar-refractivity contribution < 1.29 is 25.2 Å². The van der Waals surface area contributed by atoms with Crippen molar-refractivity contribution in [1.82, 2.24) is 0 Å². The van der Waals surface area contributed by atoms with Crippen LogP contribution < -0.4 is 0 Å². The van der Waals surface area contributed by atoms with Gasteiger partial charge in [0, 0.05) is 17.4 Å². The predicted molar refractivity (Wildman–Crippen MR) is 169 cm³/mol. The van der Waals surface area contributed by atoms with Gasteiger partial charge >= 0.3 is 5.97 Å². The average Bonchev–Trinajstić information content (AvgIpc) is 2.92. The fourth-order valence-corrected chi connectivity index (χ4v) is 3.24. The van der Waals surface area contributed by atoms with Gasteiger partial charge in [-0.05, 0) is 32.1 Å². The maximum atomic E-state index is 10.7. The molecule has 5 atom stereocenters. The lowest BCUT2D eigenvalue weighted by Gasteiger charge is -2.25. The summed E-state index contributed by atoms with van der Waals surface area (Å²) in [5, 5.41) is 39.5. The van der Waals surface area contributed by atoms with Crippen LogP contribution in [0.2, 0.25) is 0 Å². The number of carboxylic acid groups (broad SMARTS) is 1. The highest BCUT2D eigenvalue weighted by molar-refractivity contribution is 5.86. The molecule has 0 aromatic rings. The molecule has 5 unspecified atom stereocenters. The summed E-state index contributed by atoms with van der Waals surface area (Å²) in [6.07, 6.45) is 36.1. The van der Waals surface area contributed by atoms with E-state index >= 15 is 0 Å². The van der Waals surface area contributed by atoms with Gasteiger partial charge in [-0.25, -0.2) is 4.79 Å². The lowest BCUT2D eigenvalue weighted by atomic mass is 9.88. The number of carboxylic acids is 1. The van der Waals surface area contributed by atoms with Gasteiger partial charge in [-0.1, -0.05) is 143 Å². The summed E-state index contributed by atoms with van der Waals surface area (Å²) in [4.78, 5) is 10.7. The molecule has 0 aromatic carbocycles. The molecule has 5 nitrogen and oxygen atoms in total. The molecule has 4 N–H and O–H groups in total. The van der Waals surface area contributed by atoms with Crippen molar-refractivity contribution in [3.63, 3.8) is 0 Å². The van der Waals surface area contributed by atoms with Crippen molar-refractivity contribution >= 4 is 5.97 Å². The van der Waals surface area contributed by atoms with Gasteiger partial charge in [0.05, 0.1) is 18.3 Å². The van der Waals surface area contributed by atoms with Crippen LogP contribution in [-0.2, 0) is 4.79 Å². The zero-order valence-electron chi connectivity index (χ0n) is 24.8. The molecule has 0 heterocycles. The zero-order valence-corrected chi connectivity index (χ0v) is 24.8. The van der Waals surface area contributed by atoms with Crippen molar-refractivity contribution in [3.8, 4) is 0 Å². The first-order valence-electron chi connectivity index (χ1n) is 14.0. The molecule has 0 aromatic heterocycles. The molecule has 0 aliphatic carbocycles. The maximum absolute atomic E-state index is 10.7. The van der Waals surface area contributed by atoms with E-state index < -0.39 is 18.2 Å². The van der Waals surface area contributed by atoms with Gasteiger partial charge in [-0.15, -0.1) is 0 Å². The Hall–Kier alpha value is -3.25. The molecular formula is C35H50O5. The van der Waals surface area contributed by atoms with Crippen molar-refractivity contribution in [2.24, 2.45) is 17.8 Å². The number of hydrogen-bond acceptors (Lipinski definition) is 4. The minimum atomic E-state index is -0.925. The van der Waals surface area contributed by atoms with E-state index in [1.165, 1.54) is 0 Å². The Kier molecular flexibility index (Phi) is 21.7. The van der Waals surface area contributed by atoms with E-state index in [9.17, 15) is 20.1 Å². The molecule has 0 bridgehead atoms. The monoisotopic (exact) mass is 550 g/mol. The van der Waals surface area contributed by atoms with E-state index in [0.717, 1.165) is 12.8 Å². The van der Waals surface area contributed by atoms with E-state index in [-0.39, 0.29) is 29.4 Å². The van der Waals surface area contributed by atoms with Crippen molar-refractivity contribution in [1.29, 1.82) is 0 Å². The summed E-state index contributed by atoms with van der Waals surface area (Å²) in [5.74, 6) is -1.07. The van der Waals surface area contributed by atoms with Crippen LogP contribution >= 0.6 is 0 Å². The van der Waals surface area contributed by atoms with E-state index in [1.54, 1.807) is 37.3 Å². The Balaban J connectivity index is 4.35. The Morgan fingerprint density at radius 2 is 1.15 bits per heavy atom. The predicted octanol–water partition coefficient (Wildman–Crippen LogP) is 7.20. The van der Waals surface area contributed by atoms with E-state index in [1.807, 2.05) is 113 Å². The fraction of sp³-hybridized carbons (Fsp3) is 0.400. The Morgan fingerprint density at radius 3 is 1.73 bits per heavy atom. The fourth-order valence-electron chi connectivity index (χ4n) is 3.24. The number of hydrogen-bond donors (Lipinski definition) is 4. The molecule has 0 saturated heterocycles. The van der Waals surface area contributed by atoms with Gasteiger partial charge < -0.3 is 20.4 Å². The van der Waals surface area contributed by atoms with Crippen LogP contribution in [0.25, 0.3) is 0 Å². The number of unbranched alkanes of at least 4 members (excludes halogenated alkanes) is 1. The number of aliphatic hydroxyl groups excluding tert-OH is 3. The highest BCUT2D eigenvalue weighted by Gasteiger charge is 2.24. The Morgan fingerprint density at radius 1 is 0.650 bits per heavy atom. The quantitative estimate of drug-likeness (QED) is 0.0590. The van der Waals surface area contributed by atoms with Crippen LogP contribution in [0.1, 0.15) is 53.9 Å². The zero-order chi connectivity index (χ0) is 30.2. The van der Waals surface area contributed by atoms with Crippen LogP contribution in [0.3, 0.4) is 0 Å². The molecule has 0 amide bonds. The number of allylic oxidation sites excluding steroid dienone is 16. The van der Waals surface area contributed by atoms with Crippen LogP contribution in [0.4, 0.5) is 0 Å². The van der Waals surface area contributed by atoms with E-state index in [2.05, 4.69) is 0 Å². The first-order valence-corrected chi connectivity index (χ1v) is 14.0. The second-order valence-electron chi connectivity index (χ2n) is 10.1. The molecule has 0 radical (unpaired) electrons. The topological polar surface area (TPSA) is 98.0 Å². The third-order valence-electron chi connectivity index (χ3n) is 6.19. The standard InChI is InChI=1S/C35H50O5/c1-28(2)32(36)26-22-18-14-9-7-6-8-10-15-19-23-27-33(37)31(5)34(38)29(3)24-20-16-12-11-13-17-21-25-30(4)35(39)40/h6-11,13-15,17-25,27-29,31-34,36-38H,12,16,26H2,1-5H3,(H,39,40). The molecule has 0 saturated carbocycles. The number of aliphatic hydroxyl groups is 3. The number of rotatable bonds is 19. The van der Waals surface area contributed by atoms with Crippen LogP contribution in [-0.4, -0.2) is 44.7 Å². The molecule has 220 valence electrons. The molecule has 5 heteroatoms. The van der Waals surface area contributed by atoms with Crippen molar-refractivity contribution in [2.75, 3.05) is 0 Å². The van der Waals surface area contributed by atoms with Gasteiger partial charge in [0.2, 0.25) is 0 Å². The Bertz CT molecular complexity index is 985. The van der Waals surface area contributed by atoms with E-state index in [0.29, 0.717) is 6.42 Å². The van der Waals surface area contributed by atoms with Crippen LogP contribution in [0.15, 0.2) is 121 Å². The number of aliphatic carboxylic acids is 1. The highest BCUT2D eigenvalue weighted by atomic mass is 16.4. The lowest BCUT2D eigenvalue weighted by Crippen LogP contribution is -2.32. The first kappa shape index (κ1) is 36.8. The SMILES string of the molecule is CC(=CC=CC=CCCC=CC(C)C(O)C(C)C(O)C=CC=CC=CC=CC=CC=CCC(O)C(C)C)C(=O)O. The van der Waals surface area contributed by atoms with Gasteiger partial charge in [-0.2, -0.15) is 0 Å². The average molecular weight is 551 g/mol. The molecule has 0 aliphatic rings. The maximum Gasteiger partial charge on any atom is 0.331 e. The Labute approximate surface area is 242 Å². The smallest absolute Gasteiger partial charge is 0.331 e. The van der Waals surface area contributed by atoms with Gasteiger partial charge in [0.1, 0.15) is 0 Å². The van der Waals surface area contributed by atoms with E-state index in [4.69, 9.17) is 5.11 Å². The molecular weight excluding hydrogens is 500 g/mol. The second-order valence-corrected chi connectivity index (χ2v) is 10.1. The lowest BCUT2D eigenvalue weighted by molar-refractivity contribution is -0.132. The third kappa shape index (κ3) is 19.8. The minimum Gasteiger partial charge on any atom is -0.478 e. The minimum absolute atomic E-state index is 0.0903. The molecule has 0 fully saturated rings. The molecule has 0 rings (SSSR count). The van der Waals surface area contributed by atoms with Gasteiger partial charge in [0.25, 0.3) is 0 Å². The molecule has 0 spiro atoms. The molecule has 40 heavy (non-hydrogen) atoms. The number of carbonyl (C=O) groups is 1. The highest BCUT2D eigenvalue weighted by Crippen LogP contribution is 2.19. The molecule has 0 aliphatic heterocycles. The summed E-state index contributed by atoms with van der Waals surface area (Å²) < 4.78 is 0. The third-order valence-corrected chi connectivity index (χ3v) is 6.19. The van der Waals surface area contributed by atoms with Crippen LogP contribution in [0.5, 0.6) is 0 Å². The summed E-state index contributed by atoms with van der Waals surface area (Å²) in [5.41, 5.74) is 0.289. The summed E-state index contributed by atoms with van der Waals surface area (Å²) in [6.45, 7) is 9.32. The van der Waals surface area contributed by atoms with Crippen molar-refractivity contribution in [3.05, 3.63) is 121 Å². The van der Waals surface area contributed by atoms with Crippen LogP contribution in [0, 0.1) is 17.8 Å². The second kappa shape index (κ2) is 23.6. The largest absolute Gasteiger partial charge is 0.478 e. The normalized spacial score (nSPS) is 18.0. The summed E-state index contributed by atoms with van der Waals surface area (Å²) in [7, 11) is 0. The van der Waals surface area contributed by atoms with Gasteiger partial charge in [0.15, 0.2) is 0 Å². The first-order chi connectivity index (χ1) is 19.1. The summed E-state index contributed by atoms with van der Waals surface area (Å²) in [6, 6.07) is 0.